The number of alkyl halides is 4. The van der Waals surface area contributed by atoms with Crippen LogP contribution in [0.4, 0.5) is 30.2 Å². The van der Waals surface area contributed by atoms with Crippen LogP contribution in [0.25, 0.3) is 0 Å². The van der Waals surface area contributed by atoms with Crippen molar-refractivity contribution in [2.75, 3.05) is 16.0 Å². The second kappa shape index (κ2) is 8.43. The maximum atomic E-state index is 13.1. The summed E-state index contributed by atoms with van der Waals surface area (Å²) in [6, 6.07) is 7.86. The standard InChI is InChI=1S/C20H19ClF3N3O3/c1-10-7-14-15(8-11(10)2)27-18(29)16(26-14)9-17(28)25-12-3-5-13(6-4-12)30-20(23,24)19(21)22/h3-8,16,19,26H,9H2,1-2H3,(H,25,28)(H,27,29)/t16-,19-/m1/s1. The van der Waals surface area contributed by atoms with E-state index >= 15 is 0 Å². The lowest BCUT2D eigenvalue weighted by molar-refractivity contribution is -0.199. The molecular formula is C20H19ClF3N3O3. The SMILES string of the molecule is Cc1cc2c(cc1C)N[C@H](CC(=O)Nc1ccc(OC(F)(F)[C@@H](F)Cl)cc1)C(=O)N2. The third-order valence-electron chi connectivity index (χ3n) is 4.57. The summed E-state index contributed by atoms with van der Waals surface area (Å²) in [7, 11) is 0. The van der Waals surface area contributed by atoms with Crippen LogP contribution >= 0.6 is 11.6 Å². The van der Waals surface area contributed by atoms with Gasteiger partial charge in [-0.25, -0.2) is 4.39 Å². The highest BCUT2D eigenvalue weighted by atomic mass is 35.5. The molecule has 0 unspecified atom stereocenters. The van der Waals surface area contributed by atoms with Crippen LogP contribution in [0.5, 0.6) is 5.75 Å². The summed E-state index contributed by atoms with van der Waals surface area (Å²) in [6.45, 7) is 3.88. The largest absolute Gasteiger partial charge is 0.444 e. The average molecular weight is 442 g/mol. The van der Waals surface area contributed by atoms with Gasteiger partial charge in [0.05, 0.1) is 17.8 Å². The van der Waals surface area contributed by atoms with E-state index in [1.807, 2.05) is 26.0 Å². The van der Waals surface area contributed by atoms with Crippen molar-refractivity contribution in [2.45, 2.75) is 38.0 Å². The van der Waals surface area contributed by atoms with Crippen molar-refractivity contribution in [1.29, 1.82) is 0 Å². The van der Waals surface area contributed by atoms with E-state index in [0.717, 1.165) is 28.9 Å². The first-order valence-corrected chi connectivity index (χ1v) is 9.42. The summed E-state index contributed by atoms with van der Waals surface area (Å²) in [5.74, 6) is -1.12. The second-order valence-corrected chi connectivity index (χ2v) is 7.29. The number of aryl methyl sites for hydroxylation is 2. The molecule has 0 saturated heterocycles. The number of hydrogen-bond donors (Lipinski definition) is 3. The fourth-order valence-electron chi connectivity index (χ4n) is 2.86. The van der Waals surface area contributed by atoms with Crippen LogP contribution in [0.1, 0.15) is 17.5 Å². The fraction of sp³-hybridized carbons (Fsp3) is 0.300. The van der Waals surface area contributed by atoms with Gasteiger partial charge in [-0.3, -0.25) is 9.59 Å². The Balaban J connectivity index is 1.60. The molecule has 160 valence electrons. The number of rotatable bonds is 6. The van der Waals surface area contributed by atoms with Gasteiger partial charge in [-0.2, -0.15) is 8.78 Å². The summed E-state index contributed by atoms with van der Waals surface area (Å²) in [4.78, 5) is 24.6. The predicted octanol–water partition coefficient (Wildman–Crippen LogP) is 4.57. The van der Waals surface area contributed by atoms with E-state index in [0.29, 0.717) is 11.4 Å². The lowest BCUT2D eigenvalue weighted by Gasteiger charge is -2.27. The Kier molecular flexibility index (Phi) is 6.12. The zero-order valence-electron chi connectivity index (χ0n) is 16.1. The molecule has 0 aromatic heterocycles. The zero-order chi connectivity index (χ0) is 22.1. The van der Waals surface area contributed by atoms with Gasteiger partial charge < -0.3 is 20.7 Å². The molecule has 2 amide bonds. The Morgan fingerprint density at radius 3 is 2.40 bits per heavy atom. The molecular weight excluding hydrogens is 423 g/mol. The average Bonchev–Trinajstić information content (AvgIpc) is 2.65. The van der Waals surface area contributed by atoms with Gasteiger partial charge >= 0.3 is 6.11 Å². The van der Waals surface area contributed by atoms with Crippen LogP contribution < -0.4 is 20.7 Å². The van der Waals surface area contributed by atoms with Crippen LogP contribution in [-0.2, 0) is 9.59 Å². The minimum Gasteiger partial charge on any atom is -0.429 e. The second-order valence-electron chi connectivity index (χ2n) is 6.91. The van der Waals surface area contributed by atoms with E-state index in [4.69, 9.17) is 11.6 Å². The van der Waals surface area contributed by atoms with Crippen molar-refractivity contribution in [2.24, 2.45) is 0 Å². The van der Waals surface area contributed by atoms with Gasteiger partial charge in [-0.1, -0.05) is 11.6 Å². The minimum absolute atomic E-state index is 0.149. The Labute approximate surface area is 175 Å². The van der Waals surface area contributed by atoms with Crippen molar-refractivity contribution in [3.63, 3.8) is 0 Å². The van der Waals surface area contributed by atoms with E-state index in [-0.39, 0.29) is 18.1 Å². The number of carbonyl (C=O) groups is 2. The van der Waals surface area contributed by atoms with E-state index in [2.05, 4.69) is 20.7 Å². The van der Waals surface area contributed by atoms with Gasteiger partial charge in [-0.15, -0.1) is 0 Å². The Bertz CT molecular complexity index is 968. The molecule has 2 aromatic rings. The number of carbonyl (C=O) groups excluding carboxylic acids is 2. The molecule has 0 spiro atoms. The summed E-state index contributed by atoms with van der Waals surface area (Å²) in [5.41, 5.74) is 0.750. The summed E-state index contributed by atoms with van der Waals surface area (Å²) < 4.78 is 43.1. The van der Waals surface area contributed by atoms with Crippen LogP contribution in [0, 0.1) is 13.8 Å². The number of fused-ring (bicyclic) bond motifs is 1. The van der Waals surface area contributed by atoms with E-state index < -0.39 is 23.7 Å². The third-order valence-corrected chi connectivity index (χ3v) is 4.83. The first-order valence-electron chi connectivity index (χ1n) is 8.98. The Morgan fingerprint density at radius 2 is 1.80 bits per heavy atom. The molecule has 0 bridgehead atoms. The molecule has 0 radical (unpaired) electrons. The van der Waals surface area contributed by atoms with Gasteiger partial charge in [0, 0.05) is 5.69 Å². The first kappa shape index (κ1) is 21.8. The number of amides is 2. The minimum atomic E-state index is -4.18. The Morgan fingerprint density at radius 1 is 1.20 bits per heavy atom. The molecule has 3 N–H and O–H groups in total. The maximum absolute atomic E-state index is 13.1. The van der Waals surface area contributed by atoms with Gasteiger partial charge in [0.1, 0.15) is 11.8 Å². The molecule has 10 heteroatoms. The summed E-state index contributed by atoms with van der Waals surface area (Å²) in [6.07, 6.45) is -4.33. The quantitative estimate of drug-likeness (QED) is 0.574. The van der Waals surface area contributed by atoms with Crippen LogP contribution in [-0.4, -0.2) is 29.6 Å². The molecule has 6 nitrogen and oxygen atoms in total. The van der Waals surface area contributed by atoms with Crippen molar-refractivity contribution in [1.82, 2.24) is 0 Å². The highest BCUT2D eigenvalue weighted by Gasteiger charge is 2.42. The zero-order valence-corrected chi connectivity index (χ0v) is 16.8. The number of halogens is 4. The maximum Gasteiger partial charge on any atom is 0.444 e. The highest BCUT2D eigenvalue weighted by molar-refractivity contribution is 6.20. The molecule has 2 aromatic carbocycles. The number of nitrogens with one attached hydrogen (secondary N) is 3. The lowest BCUT2D eigenvalue weighted by atomic mass is 10.0. The number of benzene rings is 2. The van der Waals surface area contributed by atoms with Crippen molar-refractivity contribution in [3.05, 3.63) is 47.5 Å². The molecule has 1 heterocycles. The molecule has 0 aliphatic carbocycles. The molecule has 0 fully saturated rings. The number of hydrogen-bond acceptors (Lipinski definition) is 4. The van der Waals surface area contributed by atoms with Gasteiger partial charge in [0.25, 0.3) is 5.63 Å². The molecule has 3 rings (SSSR count). The molecule has 2 atom stereocenters. The number of anilines is 3. The van der Waals surface area contributed by atoms with Crippen LogP contribution in [0.2, 0.25) is 0 Å². The van der Waals surface area contributed by atoms with Gasteiger partial charge in [-0.05, 0) is 61.4 Å². The van der Waals surface area contributed by atoms with E-state index in [9.17, 15) is 22.8 Å². The fourth-order valence-corrected chi connectivity index (χ4v) is 2.91. The van der Waals surface area contributed by atoms with E-state index in [1.54, 1.807) is 0 Å². The third kappa shape index (κ3) is 4.96. The van der Waals surface area contributed by atoms with Crippen LogP contribution in [0.15, 0.2) is 36.4 Å². The van der Waals surface area contributed by atoms with Crippen molar-refractivity contribution >= 4 is 40.5 Å². The lowest BCUT2D eigenvalue weighted by Crippen LogP contribution is -2.41. The molecule has 30 heavy (non-hydrogen) atoms. The first-order chi connectivity index (χ1) is 14.0. The number of ether oxygens (including phenoxy) is 1. The van der Waals surface area contributed by atoms with Gasteiger partial charge in [0.15, 0.2) is 0 Å². The normalized spacial score (nSPS) is 16.7. The van der Waals surface area contributed by atoms with Crippen molar-refractivity contribution < 1.29 is 27.5 Å². The Hall–Kier alpha value is -2.94. The summed E-state index contributed by atoms with van der Waals surface area (Å²) in [5, 5.41) is 8.39. The highest BCUT2D eigenvalue weighted by Crippen LogP contribution is 2.31. The summed E-state index contributed by atoms with van der Waals surface area (Å²) >= 11 is 4.73. The van der Waals surface area contributed by atoms with Crippen molar-refractivity contribution in [3.8, 4) is 5.75 Å². The van der Waals surface area contributed by atoms with E-state index in [1.165, 1.54) is 12.1 Å². The monoisotopic (exact) mass is 441 g/mol. The van der Waals surface area contributed by atoms with Gasteiger partial charge in [0.2, 0.25) is 11.8 Å². The molecule has 1 aliphatic rings. The smallest absolute Gasteiger partial charge is 0.429 e. The predicted molar refractivity (Wildman–Crippen MR) is 108 cm³/mol. The molecule has 1 aliphatic heterocycles. The van der Waals surface area contributed by atoms with Crippen LogP contribution in [0.3, 0.4) is 0 Å². The molecule has 0 saturated carbocycles. The topological polar surface area (TPSA) is 79.5 Å².